The Morgan fingerprint density at radius 3 is 2.32 bits per heavy atom. The van der Waals surface area contributed by atoms with Gasteiger partial charge in [0.1, 0.15) is 17.0 Å². The van der Waals surface area contributed by atoms with Crippen molar-refractivity contribution in [3.8, 4) is 11.5 Å². The lowest BCUT2D eigenvalue weighted by atomic mass is 10.2. The fourth-order valence-corrected chi connectivity index (χ4v) is 2.35. The first-order valence-corrected chi connectivity index (χ1v) is 7.41. The SMILES string of the molecule is O=C(O)c1nc2ccccc2cc1O.Oc1cccc2cccnc12. The van der Waals surface area contributed by atoms with Crippen LogP contribution in [0.25, 0.3) is 21.8 Å². The average molecular weight is 334 g/mol. The number of hydrogen-bond donors (Lipinski definition) is 3. The maximum absolute atomic E-state index is 10.6. The molecule has 2 heterocycles. The van der Waals surface area contributed by atoms with Crippen LogP contribution in [0, 0.1) is 0 Å². The monoisotopic (exact) mass is 334 g/mol. The van der Waals surface area contributed by atoms with Crippen LogP contribution in [0.5, 0.6) is 11.5 Å². The number of carboxylic acid groups (broad SMARTS) is 1. The van der Waals surface area contributed by atoms with E-state index in [2.05, 4.69) is 9.97 Å². The molecule has 0 radical (unpaired) electrons. The van der Waals surface area contributed by atoms with E-state index in [9.17, 15) is 15.0 Å². The van der Waals surface area contributed by atoms with Gasteiger partial charge >= 0.3 is 5.97 Å². The van der Waals surface area contributed by atoms with Gasteiger partial charge in [0.25, 0.3) is 0 Å². The fraction of sp³-hybridized carbons (Fsp3) is 0. The minimum Gasteiger partial charge on any atom is -0.506 e. The van der Waals surface area contributed by atoms with Gasteiger partial charge in [0, 0.05) is 17.0 Å². The summed E-state index contributed by atoms with van der Waals surface area (Å²) in [6.07, 6.45) is 1.67. The second-order valence-corrected chi connectivity index (χ2v) is 5.21. The number of rotatable bonds is 1. The van der Waals surface area contributed by atoms with Crippen LogP contribution < -0.4 is 0 Å². The molecule has 2 aromatic carbocycles. The maximum Gasteiger partial charge on any atom is 0.358 e. The normalized spacial score (nSPS) is 10.2. The molecule has 0 saturated heterocycles. The molecule has 0 saturated carbocycles. The number of aromatic nitrogens is 2. The molecule has 0 spiro atoms. The molecule has 0 amide bonds. The predicted octanol–water partition coefficient (Wildman–Crippen LogP) is 3.58. The molecule has 0 bridgehead atoms. The average Bonchev–Trinajstić information content (AvgIpc) is 2.62. The molecule has 4 rings (SSSR count). The summed E-state index contributed by atoms with van der Waals surface area (Å²) in [6, 6.07) is 17.5. The van der Waals surface area contributed by atoms with Crippen molar-refractivity contribution in [3.63, 3.8) is 0 Å². The van der Waals surface area contributed by atoms with Gasteiger partial charge < -0.3 is 15.3 Å². The number of aromatic carboxylic acids is 1. The van der Waals surface area contributed by atoms with Gasteiger partial charge in [-0.05, 0) is 24.3 Å². The summed E-state index contributed by atoms with van der Waals surface area (Å²) < 4.78 is 0. The van der Waals surface area contributed by atoms with Crippen LogP contribution in [0.15, 0.2) is 66.9 Å². The van der Waals surface area contributed by atoms with Gasteiger partial charge in [0.15, 0.2) is 5.69 Å². The minimum absolute atomic E-state index is 0.239. The first-order chi connectivity index (χ1) is 12.1. The predicted molar refractivity (Wildman–Crippen MR) is 93.8 cm³/mol. The Labute approximate surface area is 142 Å². The van der Waals surface area contributed by atoms with E-state index < -0.39 is 5.97 Å². The van der Waals surface area contributed by atoms with Crippen LogP contribution in [-0.2, 0) is 0 Å². The van der Waals surface area contributed by atoms with Crippen LogP contribution >= 0.6 is 0 Å². The fourth-order valence-electron chi connectivity index (χ4n) is 2.35. The maximum atomic E-state index is 10.6. The number of carboxylic acids is 1. The van der Waals surface area contributed by atoms with E-state index in [1.807, 2.05) is 18.2 Å². The number of hydrogen-bond acceptors (Lipinski definition) is 5. The molecule has 2 aromatic heterocycles. The van der Waals surface area contributed by atoms with E-state index in [1.54, 1.807) is 42.6 Å². The molecule has 0 aliphatic rings. The second-order valence-electron chi connectivity index (χ2n) is 5.21. The van der Waals surface area contributed by atoms with Gasteiger partial charge in [0.2, 0.25) is 0 Å². The molecule has 6 nitrogen and oxygen atoms in total. The lowest BCUT2D eigenvalue weighted by Crippen LogP contribution is -2.00. The lowest BCUT2D eigenvalue weighted by molar-refractivity contribution is 0.0687. The van der Waals surface area contributed by atoms with Crippen LogP contribution in [0.2, 0.25) is 0 Å². The summed E-state index contributed by atoms with van der Waals surface area (Å²) >= 11 is 0. The van der Waals surface area contributed by atoms with Crippen LogP contribution in [0.1, 0.15) is 10.5 Å². The first-order valence-electron chi connectivity index (χ1n) is 7.41. The van der Waals surface area contributed by atoms with Crippen LogP contribution in [0.3, 0.4) is 0 Å². The van der Waals surface area contributed by atoms with Gasteiger partial charge in [-0.1, -0.05) is 36.4 Å². The summed E-state index contributed by atoms with van der Waals surface area (Å²) in [5.41, 5.74) is 0.904. The number of carbonyl (C=O) groups is 1. The van der Waals surface area contributed by atoms with Crippen molar-refractivity contribution in [1.29, 1.82) is 0 Å². The summed E-state index contributed by atoms with van der Waals surface area (Å²) in [6.45, 7) is 0. The van der Waals surface area contributed by atoms with Gasteiger partial charge in [0.05, 0.1) is 5.52 Å². The zero-order valence-corrected chi connectivity index (χ0v) is 13.0. The van der Waals surface area contributed by atoms with Gasteiger partial charge in [-0.3, -0.25) is 4.98 Å². The van der Waals surface area contributed by atoms with E-state index in [0.717, 1.165) is 10.8 Å². The minimum atomic E-state index is -1.23. The van der Waals surface area contributed by atoms with E-state index >= 15 is 0 Å². The van der Waals surface area contributed by atoms with Gasteiger partial charge in [-0.25, -0.2) is 9.78 Å². The highest BCUT2D eigenvalue weighted by Gasteiger charge is 2.12. The molecule has 0 aliphatic heterocycles. The van der Waals surface area contributed by atoms with Crippen molar-refractivity contribution in [3.05, 3.63) is 72.6 Å². The summed E-state index contributed by atoms with van der Waals surface area (Å²) in [5, 5.41) is 29.0. The van der Waals surface area contributed by atoms with E-state index in [1.165, 1.54) is 6.07 Å². The molecule has 0 aliphatic carbocycles. The third-order valence-corrected chi connectivity index (χ3v) is 3.52. The number of phenols is 1. The summed E-state index contributed by atoms with van der Waals surface area (Å²) in [7, 11) is 0. The standard InChI is InChI=1S/C10H7NO3.C9H7NO/c12-8-5-6-3-1-2-4-7(6)11-9(8)10(13)14;11-8-5-1-3-7-4-2-6-10-9(7)8/h1-5,12H,(H,13,14);1-6,11H. The largest absolute Gasteiger partial charge is 0.506 e. The topological polar surface area (TPSA) is 104 Å². The molecule has 124 valence electrons. The third-order valence-electron chi connectivity index (χ3n) is 3.52. The number of pyridine rings is 2. The Bertz CT molecular complexity index is 1060. The first kappa shape index (κ1) is 16.2. The van der Waals surface area contributed by atoms with Crippen molar-refractivity contribution in [1.82, 2.24) is 9.97 Å². The molecule has 3 N–H and O–H groups in total. The van der Waals surface area contributed by atoms with Gasteiger partial charge in [-0.15, -0.1) is 0 Å². The summed E-state index contributed by atoms with van der Waals surface area (Å²) in [4.78, 5) is 18.5. The number of benzene rings is 2. The Kier molecular flexibility index (Phi) is 4.43. The number of fused-ring (bicyclic) bond motifs is 2. The van der Waals surface area contributed by atoms with Crippen molar-refractivity contribution < 1.29 is 20.1 Å². The number of para-hydroxylation sites is 2. The third kappa shape index (κ3) is 3.48. The zero-order valence-electron chi connectivity index (χ0n) is 13.0. The second kappa shape index (κ2) is 6.84. The highest BCUT2D eigenvalue weighted by molar-refractivity contribution is 5.93. The molecular weight excluding hydrogens is 320 g/mol. The van der Waals surface area contributed by atoms with E-state index in [4.69, 9.17) is 5.11 Å². The van der Waals surface area contributed by atoms with Gasteiger partial charge in [-0.2, -0.15) is 0 Å². The highest BCUT2D eigenvalue weighted by Crippen LogP contribution is 2.21. The Balaban J connectivity index is 0.000000150. The molecule has 25 heavy (non-hydrogen) atoms. The van der Waals surface area contributed by atoms with Crippen molar-refractivity contribution in [2.75, 3.05) is 0 Å². The van der Waals surface area contributed by atoms with E-state index in [-0.39, 0.29) is 17.2 Å². The zero-order chi connectivity index (χ0) is 17.8. The van der Waals surface area contributed by atoms with Crippen molar-refractivity contribution in [2.24, 2.45) is 0 Å². The Hall–Kier alpha value is -3.67. The number of nitrogens with zero attached hydrogens (tertiary/aromatic N) is 2. The van der Waals surface area contributed by atoms with Crippen molar-refractivity contribution in [2.45, 2.75) is 0 Å². The Morgan fingerprint density at radius 2 is 1.56 bits per heavy atom. The summed E-state index contributed by atoms with van der Waals surface area (Å²) in [5.74, 6) is -1.30. The van der Waals surface area contributed by atoms with Crippen molar-refractivity contribution >= 4 is 27.8 Å². The highest BCUT2D eigenvalue weighted by atomic mass is 16.4. The number of phenolic OH excluding ortho intramolecular Hbond substituents is 1. The molecule has 0 unspecified atom stereocenters. The number of aromatic hydroxyl groups is 2. The van der Waals surface area contributed by atoms with E-state index in [0.29, 0.717) is 11.0 Å². The molecule has 0 atom stereocenters. The van der Waals surface area contributed by atoms with Crippen LogP contribution in [-0.4, -0.2) is 31.3 Å². The smallest absolute Gasteiger partial charge is 0.358 e. The molecule has 4 aromatic rings. The molecule has 6 heteroatoms. The lowest BCUT2D eigenvalue weighted by Gasteiger charge is -2.01. The quantitative estimate of drug-likeness (QED) is 0.491. The Morgan fingerprint density at radius 1 is 0.840 bits per heavy atom. The van der Waals surface area contributed by atoms with Crippen LogP contribution in [0.4, 0.5) is 0 Å². The molecular formula is C19H14N2O4. The molecule has 0 fully saturated rings.